The van der Waals surface area contributed by atoms with Gasteiger partial charge in [-0.2, -0.15) is 0 Å². The molecule has 0 bridgehead atoms. The summed E-state index contributed by atoms with van der Waals surface area (Å²) >= 11 is 0. The van der Waals surface area contributed by atoms with Crippen LogP contribution in [0.1, 0.15) is 55.9 Å². The van der Waals surface area contributed by atoms with Crippen molar-refractivity contribution in [3.63, 3.8) is 0 Å². The highest BCUT2D eigenvalue weighted by Crippen LogP contribution is 2.36. The molecule has 0 saturated heterocycles. The summed E-state index contributed by atoms with van der Waals surface area (Å²) in [6, 6.07) is 4.59. The molecule has 16 heavy (non-hydrogen) atoms. The molecule has 0 fully saturated rings. The van der Waals surface area contributed by atoms with Gasteiger partial charge in [-0.1, -0.05) is 51.5 Å². The predicted octanol–water partition coefficient (Wildman–Crippen LogP) is 4.71. The van der Waals surface area contributed by atoms with Gasteiger partial charge in [-0.05, 0) is 47.4 Å². The van der Waals surface area contributed by atoms with Gasteiger partial charge in [0.25, 0.3) is 0 Å². The Morgan fingerprint density at radius 2 is 1.69 bits per heavy atom. The maximum Gasteiger partial charge on any atom is -0.00525 e. The lowest BCUT2D eigenvalue weighted by Gasteiger charge is -2.13. The van der Waals surface area contributed by atoms with Gasteiger partial charge in [0.2, 0.25) is 0 Å². The SMILES string of the molecule is Cc1ccc(C(C)C)c2c1CC(C(C)C)=C2. The van der Waals surface area contributed by atoms with Crippen molar-refractivity contribution in [1.29, 1.82) is 0 Å². The lowest BCUT2D eigenvalue weighted by molar-refractivity contribution is 0.753. The molecule has 1 aromatic rings. The van der Waals surface area contributed by atoms with Crippen molar-refractivity contribution in [2.75, 3.05) is 0 Å². The Labute approximate surface area is 99.4 Å². The highest BCUT2D eigenvalue weighted by Gasteiger charge is 2.20. The van der Waals surface area contributed by atoms with Crippen molar-refractivity contribution in [1.82, 2.24) is 0 Å². The predicted molar refractivity (Wildman–Crippen MR) is 71.8 cm³/mol. The van der Waals surface area contributed by atoms with Gasteiger partial charge in [0.1, 0.15) is 0 Å². The molecule has 0 heteroatoms. The molecule has 0 aromatic heterocycles. The van der Waals surface area contributed by atoms with E-state index in [0.717, 1.165) is 0 Å². The van der Waals surface area contributed by atoms with Crippen LogP contribution in [0.5, 0.6) is 0 Å². The average Bonchev–Trinajstić information content (AvgIpc) is 2.62. The Hall–Kier alpha value is -1.04. The molecule has 0 saturated carbocycles. The minimum atomic E-state index is 0.622. The maximum absolute atomic E-state index is 2.43. The molecule has 0 nitrogen and oxygen atoms in total. The van der Waals surface area contributed by atoms with Crippen molar-refractivity contribution >= 4 is 6.08 Å². The first-order valence-electron chi connectivity index (χ1n) is 6.33. The van der Waals surface area contributed by atoms with Crippen LogP contribution in [0, 0.1) is 12.8 Å². The van der Waals surface area contributed by atoms with Crippen LogP contribution >= 0.6 is 0 Å². The number of allylic oxidation sites excluding steroid dienone is 1. The van der Waals surface area contributed by atoms with E-state index in [1.807, 2.05) is 0 Å². The number of hydrogen-bond acceptors (Lipinski definition) is 0. The Morgan fingerprint density at radius 1 is 1.00 bits per heavy atom. The van der Waals surface area contributed by atoms with Crippen molar-refractivity contribution in [2.24, 2.45) is 5.92 Å². The molecule has 0 N–H and O–H groups in total. The fraction of sp³-hybridized carbons (Fsp3) is 0.500. The van der Waals surface area contributed by atoms with E-state index in [4.69, 9.17) is 0 Å². The highest BCUT2D eigenvalue weighted by molar-refractivity contribution is 5.69. The van der Waals surface area contributed by atoms with E-state index in [9.17, 15) is 0 Å². The first-order chi connectivity index (χ1) is 7.50. The normalized spacial score (nSPS) is 14.6. The smallest absolute Gasteiger partial charge is 0.00525 e. The van der Waals surface area contributed by atoms with Crippen LogP contribution in [0.3, 0.4) is 0 Å². The maximum atomic E-state index is 2.43. The molecule has 0 aliphatic heterocycles. The number of benzene rings is 1. The van der Waals surface area contributed by atoms with E-state index in [1.54, 1.807) is 11.1 Å². The third-order valence-corrected chi connectivity index (χ3v) is 3.70. The first-order valence-corrected chi connectivity index (χ1v) is 6.33. The second-order valence-electron chi connectivity index (χ2n) is 5.57. The van der Waals surface area contributed by atoms with Crippen molar-refractivity contribution in [3.8, 4) is 0 Å². The quantitative estimate of drug-likeness (QED) is 0.668. The second-order valence-corrected chi connectivity index (χ2v) is 5.57. The van der Waals surface area contributed by atoms with Crippen molar-refractivity contribution in [2.45, 2.75) is 47.0 Å². The summed E-state index contributed by atoms with van der Waals surface area (Å²) in [5.74, 6) is 1.30. The van der Waals surface area contributed by atoms with Crippen LogP contribution in [0.2, 0.25) is 0 Å². The zero-order chi connectivity index (χ0) is 11.9. The summed E-state index contributed by atoms with van der Waals surface area (Å²) in [6.07, 6.45) is 3.60. The molecular formula is C16H22. The second kappa shape index (κ2) is 4.08. The van der Waals surface area contributed by atoms with Crippen molar-refractivity contribution < 1.29 is 0 Å². The number of aryl methyl sites for hydroxylation is 1. The van der Waals surface area contributed by atoms with Gasteiger partial charge in [-0.15, -0.1) is 0 Å². The molecule has 2 rings (SSSR count). The minimum absolute atomic E-state index is 0.622. The topological polar surface area (TPSA) is 0 Å². The van der Waals surface area contributed by atoms with Gasteiger partial charge in [0, 0.05) is 0 Å². The fourth-order valence-corrected chi connectivity index (χ4v) is 2.51. The molecule has 0 atom stereocenters. The van der Waals surface area contributed by atoms with Gasteiger partial charge in [-0.25, -0.2) is 0 Å². The van der Waals surface area contributed by atoms with Gasteiger partial charge in [0.05, 0.1) is 0 Å². The van der Waals surface area contributed by atoms with Gasteiger partial charge in [-0.3, -0.25) is 0 Å². The molecule has 0 unspecified atom stereocenters. The summed E-state index contributed by atoms with van der Waals surface area (Å²) < 4.78 is 0. The molecule has 1 aromatic carbocycles. The summed E-state index contributed by atoms with van der Waals surface area (Å²) in [6.45, 7) is 11.4. The van der Waals surface area contributed by atoms with Gasteiger partial charge >= 0.3 is 0 Å². The van der Waals surface area contributed by atoms with E-state index < -0.39 is 0 Å². The van der Waals surface area contributed by atoms with Crippen LogP contribution in [0.15, 0.2) is 17.7 Å². The molecule has 0 amide bonds. The minimum Gasteiger partial charge on any atom is -0.0626 e. The summed E-state index contributed by atoms with van der Waals surface area (Å²) in [5, 5.41) is 0. The first kappa shape index (κ1) is 11.4. The Morgan fingerprint density at radius 3 is 2.25 bits per heavy atom. The summed E-state index contributed by atoms with van der Waals surface area (Å²) in [7, 11) is 0. The molecular weight excluding hydrogens is 192 g/mol. The third-order valence-electron chi connectivity index (χ3n) is 3.70. The van der Waals surface area contributed by atoms with Crippen LogP contribution in [0.4, 0.5) is 0 Å². The molecule has 1 aliphatic carbocycles. The monoisotopic (exact) mass is 214 g/mol. The van der Waals surface area contributed by atoms with Crippen LogP contribution in [-0.2, 0) is 6.42 Å². The summed E-state index contributed by atoms with van der Waals surface area (Å²) in [4.78, 5) is 0. The molecule has 0 spiro atoms. The number of hydrogen-bond donors (Lipinski definition) is 0. The zero-order valence-electron chi connectivity index (χ0n) is 11.1. The van der Waals surface area contributed by atoms with Crippen LogP contribution in [0.25, 0.3) is 6.08 Å². The Balaban J connectivity index is 2.53. The standard InChI is InChI=1S/C16H22/c1-10(2)13-8-15-12(5)6-7-14(11(3)4)16(15)9-13/h6-7,9-11H,8H2,1-5H3. The summed E-state index contributed by atoms with van der Waals surface area (Å²) in [5.41, 5.74) is 7.63. The van der Waals surface area contributed by atoms with E-state index in [-0.39, 0.29) is 0 Å². The van der Waals surface area contributed by atoms with Gasteiger partial charge < -0.3 is 0 Å². The van der Waals surface area contributed by atoms with Crippen LogP contribution in [-0.4, -0.2) is 0 Å². The van der Waals surface area contributed by atoms with E-state index in [0.29, 0.717) is 11.8 Å². The highest BCUT2D eigenvalue weighted by atomic mass is 14.2. The lowest BCUT2D eigenvalue weighted by Crippen LogP contribution is -1.97. The van der Waals surface area contributed by atoms with E-state index >= 15 is 0 Å². The molecule has 0 heterocycles. The van der Waals surface area contributed by atoms with E-state index in [1.165, 1.54) is 23.1 Å². The zero-order valence-corrected chi connectivity index (χ0v) is 11.1. The Bertz CT molecular complexity index is 434. The van der Waals surface area contributed by atoms with Gasteiger partial charge in [0.15, 0.2) is 0 Å². The molecule has 1 aliphatic rings. The largest absolute Gasteiger partial charge is 0.0626 e. The van der Waals surface area contributed by atoms with Crippen molar-refractivity contribution in [3.05, 3.63) is 40.0 Å². The van der Waals surface area contributed by atoms with Crippen LogP contribution < -0.4 is 0 Å². The number of fused-ring (bicyclic) bond motifs is 1. The Kier molecular flexibility index (Phi) is 2.92. The number of rotatable bonds is 2. The van der Waals surface area contributed by atoms with E-state index in [2.05, 4.69) is 52.8 Å². The lowest BCUT2D eigenvalue weighted by atomic mass is 9.92. The third kappa shape index (κ3) is 1.81. The molecule has 86 valence electrons. The average molecular weight is 214 g/mol. The fourth-order valence-electron chi connectivity index (χ4n) is 2.51. The molecule has 0 radical (unpaired) electrons.